The maximum absolute atomic E-state index is 12.3. The molecule has 3 atom stereocenters. The fourth-order valence-electron chi connectivity index (χ4n) is 2.31. The maximum Gasteiger partial charge on any atom is 0.197 e. The molecule has 0 saturated carbocycles. The van der Waals surface area contributed by atoms with Crippen molar-refractivity contribution < 1.29 is 9.84 Å². The van der Waals surface area contributed by atoms with E-state index in [1.807, 2.05) is 0 Å². The number of hydrogen-bond donors (Lipinski definition) is 0. The monoisotopic (exact) mass is 309 g/mol. The summed E-state index contributed by atoms with van der Waals surface area (Å²) in [5, 5.41) is 12.3. The fraction of sp³-hybridized carbons (Fsp3) is 0.800. The van der Waals surface area contributed by atoms with E-state index in [1.165, 1.54) is 25.7 Å². The smallest absolute Gasteiger partial charge is 0.197 e. The van der Waals surface area contributed by atoms with Crippen molar-refractivity contribution in [2.75, 3.05) is 0 Å². The van der Waals surface area contributed by atoms with Crippen LogP contribution >= 0.6 is 0 Å². The van der Waals surface area contributed by atoms with Gasteiger partial charge in [0.25, 0.3) is 0 Å². The van der Waals surface area contributed by atoms with Crippen molar-refractivity contribution in [3.05, 3.63) is 24.3 Å². The third-order valence-corrected chi connectivity index (χ3v) is 4.00. The van der Waals surface area contributed by atoms with Crippen LogP contribution in [0.1, 0.15) is 85.5 Å². The number of unbranched alkanes of at least 4 members (excludes halogenated alkanes) is 4. The molecule has 0 aliphatic rings. The van der Waals surface area contributed by atoms with Gasteiger partial charge in [0.1, 0.15) is 0 Å². The number of rotatable bonds is 14. The molecule has 0 heterocycles. The Kier molecular flexibility index (Phi) is 14.9. The van der Waals surface area contributed by atoms with Crippen LogP contribution in [-0.2, 0) is 9.84 Å². The topological polar surface area (TPSA) is 29.1 Å². The predicted octanol–water partition coefficient (Wildman–Crippen LogP) is 6.45. The minimum absolute atomic E-state index is 0.00465. The minimum Gasteiger partial charge on any atom is -0.346 e. The highest BCUT2D eigenvalue weighted by Crippen LogP contribution is 2.18. The lowest BCUT2D eigenvalue weighted by molar-refractivity contribution is -0.190. The van der Waals surface area contributed by atoms with Gasteiger partial charge in [-0.3, -0.25) is 0 Å². The SMILES string of the molecule is CCCCC=CCC(CC)OC([O])C(C=CCCCC)CC. The van der Waals surface area contributed by atoms with Crippen molar-refractivity contribution in [1.82, 2.24) is 0 Å². The molecule has 0 rings (SSSR count). The standard InChI is InChI=1S/C20H37O2/c1-5-9-11-13-15-17-19(8-4)22-20(21)18(7-3)16-14-12-10-6-2/h13-16,18-20H,5-12,17H2,1-4H3. The van der Waals surface area contributed by atoms with Gasteiger partial charge in [-0.05, 0) is 32.1 Å². The summed E-state index contributed by atoms with van der Waals surface area (Å²) in [5.41, 5.74) is 0. The molecule has 1 radical (unpaired) electrons. The van der Waals surface area contributed by atoms with Crippen LogP contribution in [0.3, 0.4) is 0 Å². The van der Waals surface area contributed by atoms with Gasteiger partial charge in [0, 0.05) is 5.92 Å². The lowest BCUT2D eigenvalue weighted by Gasteiger charge is -2.22. The molecule has 129 valence electrons. The van der Waals surface area contributed by atoms with E-state index >= 15 is 0 Å². The molecule has 2 heteroatoms. The molecule has 0 amide bonds. The largest absolute Gasteiger partial charge is 0.346 e. The van der Waals surface area contributed by atoms with Gasteiger partial charge >= 0.3 is 0 Å². The molecule has 0 N–H and O–H groups in total. The first kappa shape index (κ1) is 21.4. The summed E-state index contributed by atoms with van der Waals surface area (Å²) in [5.74, 6) is -0.00465. The molecule has 0 bridgehead atoms. The van der Waals surface area contributed by atoms with Crippen molar-refractivity contribution >= 4 is 0 Å². The van der Waals surface area contributed by atoms with Gasteiger partial charge < -0.3 is 4.74 Å². The minimum atomic E-state index is -0.933. The van der Waals surface area contributed by atoms with E-state index < -0.39 is 6.29 Å². The first-order valence-electron chi connectivity index (χ1n) is 9.32. The molecule has 0 aliphatic heterocycles. The maximum atomic E-state index is 12.3. The molecule has 0 aromatic carbocycles. The number of hydrogen-bond acceptors (Lipinski definition) is 1. The summed E-state index contributed by atoms with van der Waals surface area (Å²) >= 11 is 0. The van der Waals surface area contributed by atoms with E-state index in [0.29, 0.717) is 0 Å². The normalized spacial score (nSPS) is 16.4. The van der Waals surface area contributed by atoms with Crippen molar-refractivity contribution in [3.63, 3.8) is 0 Å². The highest BCUT2D eigenvalue weighted by molar-refractivity contribution is 4.90. The van der Waals surface area contributed by atoms with Gasteiger partial charge in [-0.25, -0.2) is 5.11 Å². The molecule has 2 nitrogen and oxygen atoms in total. The van der Waals surface area contributed by atoms with Gasteiger partial charge in [-0.2, -0.15) is 0 Å². The van der Waals surface area contributed by atoms with Gasteiger partial charge in [-0.15, -0.1) is 0 Å². The first-order valence-corrected chi connectivity index (χ1v) is 9.32. The summed E-state index contributed by atoms with van der Waals surface area (Å²) in [4.78, 5) is 0. The first-order chi connectivity index (χ1) is 10.7. The van der Waals surface area contributed by atoms with Gasteiger partial charge in [0.05, 0.1) is 6.10 Å². The highest BCUT2D eigenvalue weighted by Gasteiger charge is 2.20. The highest BCUT2D eigenvalue weighted by atomic mass is 16.6. The lowest BCUT2D eigenvalue weighted by Crippen LogP contribution is -2.26. The summed E-state index contributed by atoms with van der Waals surface area (Å²) in [7, 11) is 0. The summed E-state index contributed by atoms with van der Waals surface area (Å²) < 4.78 is 5.76. The van der Waals surface area contributed by atoms with Crippen LogP contribution in [0.25, 0.3) is 0 Å². The molecule has 0 aliphatic carbocycles. The van der Waals surface area contributed by atoms with Crippen LogP contribution in [0.4, 0.5) is 0 Å². The Bertz CT molecular complexity index is 283. The third kappa shape index (κ3) is 11.0. The number of ether oxygens (including phenoxy) is 1. The average Bonchev–Trinajstić information content (AvgIpc) is 2.53. The Morgan fingerprint density at radius 2 is 1.50 bits per heavy atom. The van der Waals surface area contributed by atoms with Gasteiger partial charge in [-0.1, -0.05) is 77.7 Å². The zero-order valence-corrected chi connectivity index (χ0v) is 15.2. The van der Waals surface area contributed by atoms with Crippen molar-refractivity contribution in [2.45, 2.75) is 97.9 Å². The van der Waals surface area contributed by atoms with Gasteiger partial charge in [0.15, 0.2) is 6.29 Å². The van der Waals surface area contributed by atoms with Gasteiger partial charge in [0.2, 0.25) is 0 Å². The van der Waals surface area contributed by atoms with E-state index in [2.05, 4.69) is 52.0 Å². The van der Waals surface area contributed by atoms with E-state index in [4.69, 9.17) is 4.74 Å². The van der Waals surface area contributed by atoms with E-state index in [-0.39, 0.29) is 12.0 Å². The molecule has 0 aromatic rings. The second kappa shape index (κ2) is 15.3. The van der Waals surface area contributed by atoms with Crippen LogP contribution in [0.5, 0.6) is 0 Å². The summed E-state index contributed by atoms with van der Waals surface area (Å²) in [6, 6.07) is 0. The Hall–Kier alpha value is -0.600. The van der Waals surface area contributed by atoms with Crippen molar-refractivity contribution in [2.24, 2.45) is 5.92 Å². The zero-order valence-electron chi connectivity index (χ0n) is 15.2. The summed E-state index contributed by atoms with van der Waals surface area (Å²) in [6.45, 7) is 8.54. The van der Waals surface area contributed by atoms with E-state index in [1.54, 1.807) is 0 Å². The predicted molar refractivity (Wildman–Crippen MR) is 95.4 cm³/mol. The molecule has 0 fully saturated rings. The second-order valence-electron chi connectivity index (χ2n) is 6.03. The van der Waals surface area contributed by atoms with E-state index in [9.17, 15) is 5.11 Å². The van der Waals surface area contributed by atoms with Crippen molar-refractivity contribution in [3.8, 4) is 0 Å². The Morgan fingerprint density at radius 3 is 2.05 bits per heavy atom. The Balaban J connectivity index is 4.21. The zero-order chi connectivity index (χ0) is 16.6. The summed E-state index contributed by atoms with van der Waals surface area (Å²) in [6.07, 6.45) is 17.4. The fourth-order valence-corrected chi connectivity index (χ4v) is 2.31. The van der Waals surface area contributed by atoms with Crippen LogP contribution in [-0.4, -0.2) is 12.4 Å². The lowest BCUT2D eigenvalue weighted by atomic mass is 10.0. The van der Waals surface area contributed by atoms with Crippen LogP contribution in [0, 0.1) is 5.92 Å². The molecular formula is C20H37O2. The quantitative estimate of drug-likeness (QED) is 0.206. The van der Waals surface area contributed by atoms with Crippen molar-refractivity contribution in [1.29, 1.82) is 0 Å². The number of allylic oxidation sites excluding steroid dienone is 2. The average molecular weight is 310 g/mol. The van der Waals surface area contributed by atoms with Crippen LogP contribution in [0.2, 0.25) is 0 Å². The molecule has 0 saturated heterocycles. The van der Waals surface area contributed by atoms with Crippen LogP contribution in [0.15, 0.2) is 24.3 Å². The molecule has 3 unspecified atom stereocenters. The Morgan fingerprint density at radius 1 is 0.864 bits per heavy atom. The third-order valence-electron chi connectivity index (χ3n) is 4.00. The molecule has 22 heavy (non-hydrogen) atoms. The van der Waals surface area contributed by atoms with Crippen LogP contribution < -0.4 is 0 Å². The molecule has 0 spiro atoms. The second-order valence-corrected chi connectivity index (χ2v) is 6.03. The molecular weight excluding hydrogens is 272 g/mol. The Labute approximate surface area is 138 Å². The molecule has 0 aromatic heterocycles. The van der Waals surface area contributed by atoms with E-state index in [0.717, 1.165) is 32.1 Å².